The summed E-state index contributed by atoms with van der Waals surface area (Å²) in [5.41, 5.74) is 1.89. The normalized spacial score (nSPS) is 11.8. The van der Waals surface area contributed by atoms with Crippen molar-refractivity contribution in [3.8, 4) is 5.75 Å². The van der Waals surface area contributed by atoms with Crippen LogP contribution < -0.4 is 0 Å². The largest absolute Gasteiger partial charge is 0.508 e. The lowest BCUT2D eigenvalue weighted by atomic mass is 10.1. The topological polar surface area (TPSA) is 99.9 Å². The number of hydrogen-bond acceptors (Lipinski definition) is 5. The summed E-state index contributed by atoms with van der Waals surface area (Å²) in [6, 6.07) is 6.93. The summed E-state index contributed by atoms with van der Waals surface area (Å²) < 4.78 is 15.1. The fourth-order valence-electron chi connectivity index (χ4n) is 1.84. The molecular weight excluding hydrogens is 313 g/mol. The summed E-state index contributed by atoms with van der Waals surface area (Å²) in [6.07, 6.45) is 1.08. The molecule has 0 saturated carbocycles. The first-order chi connectivity index (χ1) is 9.83. The van der Waals surface area contributed by atoms with Crippen LogP contribution in [-0.2, 0) is 21.9 Å². The predicted molar refractivity (Wildman–Crippen MR) is 79.5 cm³/mol. The molecule has 1 heterocycles. The molecule has 0 aliphatic heterocycles. The van der Waals surface area contributed by atoms with E-state index >= 15 is 0 Å². The van der Waals surface area contributed by atoms with Crippen molar-refractivity contribution in [2.24, 2.45) is 0 Å². The maximum atomic E-state index is 10.6. The van der Waals surface area contributed by atoms with E-state index in [0.29, 0.717) is 12.8 Å². The van der Waals surface area contributed by atoms with Crippen LogP contribution in [0.4, 0.5) is 0 Å². The number of hydrogen-bond donors (Lipinski definition) is 3. The van der Waals surface area contributed by atoms with Gasteiger partial charge >= 0.3 is 7.82 Å². The number of phosphoric ester groups is 1. The van der Waals surface area contributed by atoms with Crippen LogP contribution in [-0.4, -0.2) is 26.5 Å². The number of phenolic OH excluding ortho intramolecular Hbond substituents is 1. The van der Waals surface area contributed by atoms with Gasteiger partial charge in [-0.15, -0.1) is 11.3 Å². The first kappa shape index (κ1) is 16.1. The zero-order valence-electron chi connectivity index (χ0n) is 11.4. The molecule has 0 aliphatic carbocycles. The molecule has 1 aromatic heterocycles. The Kier molecular flexibility index (Phi) is 5.13. The number of phosphoric acid groups is 1. The van der Waals surface area contributed by atoms with E-state index in [1.54, 1.807) is 12.1 Å². The fourth-order valence-corrected chi connectivity index (χ4v) is 3.26. The van der Waals surface area contributed by atoms with E-state index in [-0.39, 0.29) is 12.4 Å². The standard InChI is InChI=1S/C13H16NO5PS/c1-9-12(6-7-19-20(16,17)18)21-13(14-9)8-10-2-4-11(15)5-3-10/h2-5,15H,6-8H2,1H3,(H2,16,17,18). The number of benzene rings is 1. The number of thiazole rings is 1. The third kappa shape index (κ3) is 5.22. The highest BCUT2D eigenvalue weighted by Gasteiger charge is 2.15. The van der Waals surface area contributed by atoms with Crippen LogP contribution in [0.2, 0.25) is 0 Å². The minimum Gasteiger partial charge on any atom is -0.508 e. The van der Waals surface area contributed by atoms with E-state index < -0.39 is 7.82 Å². The van der Waals surface area contributed by atoms with E-state index in [2.05, 4.69) is 9.51 Å². The fraction of sp³-hybridized carbons (Fsp3) is 0.308. The molecule has 0 unspecified atom stereocenters. The molecule has 0 fully saturated rings. The Bertz CT molecular complexity index is 649. The highest BCUT2D eigenvalue weighted by Crippen LogP contribution is 2.36. The van der Waals surface area contributed by atoms with Gasteiger partial charge in [0.25, 0.3) is 0 Å². The minimum absolute atomic E-state index is 0.0358. The monoisotopic (exact) mass is 329 g/mol. The molecule has 6 nitrogen and oxygen atoms in total. The first-order valence-electron chi connectivity index (χ1n) is 6.26. The van der Waals surface area contributed by atoms with Crippen LogP contribution in [0.3, 0.4) is 0 Å². The molecule has 0 amide bonds. The predicted octanol–water partition coefficient (Wildman–Crippen LogP) is 2.40. The lowest BCUT2D eigenvalue weighted by molar-refractivity contribution is 0.199. The van der Waals surface area contributed by atoms with Crippen molar-refractivity contribution in [1.29, 1.82) is 0 Å². The Morgan fingerprint density at radius 1 is 1.29 bits per heavy atom. The van der Waals surface area contributed by atoms with Gasteiger partial charge in [-0.25, -0.2) is 9.55 Å². The molecule has 114 valence electrons. The molecule has 8 heteroatoms. The van der Waals surface area contributed by atoms with E-state index in [1.165, 1.54) is 11.3 Å². The maximum Gasteiger partial charge on any atom is 0.469 e. The van der Waals surface area contributed by atoms with Crippen molar-refractivity contribution in [2.75, 3.05) is 6.61 Å². The van der Waals surface area contributed by atoms with Gasteiger partial charge in [-0.05, 0) is 24.6 Å². The SMILES string of the molecule is Cc1nc(Cc2ccc(O)cc2)sc1CCOP(=O)(O)O. The number of aromatic hydroxyl groups is 1. The molecule has 3 N–H and O–H groups in total. The van der Waals surface area contributed by atoms with Crippen LogP contribution in [0.5, 0.6) is 5.75 Å². The third-order valence-electron chi connectivity index (χ3n) is 2.82. The van der Waals surface area contributed by atoms with Gasteiger partial charge in [0, 0.05) is 17.7 Å². The lowest BCUT2D eigenvalue weighted by Gasteiger charge is -2.03. The summed E-state index contributed by atoms with van der Waals surface area (Å²) in [7, 11) is -4.41. The molecule has 0 aliphatic rings. The summed E-state index contributed by atoms with van der Waals surface area (Å²) >= 11 is 1.50. The Morgan fingerprint density at radius 2 is 1.95 bits per heavy atom. The van der Waals surface area contributed by atoms with Gasteiger partial charge in [-0.3, -0.25) is 4.52 Å². The average Bonchev–Trinajstić information content (AvgIpc) is 2.71. The van der Waals surface area contributed by atoms with Gasteiger partial charge in [0.05, 0.1) is 17.3 Å². The third-order valence-corrected chi connectivity index (χ3v) is 4.55. The summed E-state index contributed by atoms with van der Waals surface area (Å²) in [5.74, 6) is 0.226. The van der Waals surface area contributed by atoms with E-state index in [4.69, 9.17) is 9.79 Å². The molecule has 0 bridgehead atoms. The Morgan fingerprint density at radius 3 is 2.57 bits per heavy atom. The average molecular weight is 329 g/mol. The van der Waals surface area contributed by atoms with Crippen molar-refractivity contribution in [2.45, 2.75) is 19.8 Å². The Labute approximate surface area is 126 Å². The molecular formula is C13H16NO5PS. The van der Waals surface area contributed by atoms with E-state index in [1.807, 2.05) is 19.1 Å². The van der Waals surface area contributed by atoms with Crippen LogP contribution in [0.25, 0.3) is 0 Å². The van der Waals surface area contributed by atoms with Gasteiger partial charge in [0.1, 0.15) is 5.75 Å². The van der Waals surface area contributed by atoms with Crippen LogP contribution in [0.1, 0.15) is 21.1 Å². The number of nitrogens with zero attached hydrogens (tertiary/aromatic N) is 1. The second-order valence-corrected chi connectivity index (χ2v) is 6.94. The quantitative estimate of drug-likeness (QED) is 0.704. The summed E-state index contributed by atoms with van der Waals surface area (Å²) in [5, 5.41) is 10.2. The summed E-state index contributed by atoms with van der Waals surface area (Å²) in [4.78, 5) is 22.7. The van der Waals surface area contributed by atoms with Gasteiger partial charge in [0.15, 0.2) is 0 Å². The van der Waals surface area contributed by atoms with Crippen LogP contribution in [0, 0.1) is 6.92 Å². The summed E-state index contributed by atoms with van der Waals surface area (Å²) in [6.45, 7) is 1.83. The van der Waals surface area contributed by atoms with Crippen LogP contribution >= 0.6 is 19.2 Å². The first-order valence-corrected chi connectivity index (χ1v) is 8.61. The minimum atomic E-state index is -4.41. The molecule has 21 heavy (non-hydrogen) atoms. The van der Waals surface area contributed by atoms with E-state index in [9.17, 15) is 9.67 Å². The second kappa shape index (κ2) is 6.68. The number of phenols is 1. The maximum absolute atomic E-state index is 10.6. The zero-order chi connectivity index (χ0) is 15.5. The van der Waals surface area contributed by atoms with Gasteiger partial charge in [-0.1, -0.05) is 12.1 Å². The number of aromatic nitrogens is 1. The lowest BCUT2D eigenvalue weighted by Crippen LogP contribution is -1.96. The number of rotatable bonds is 6. The van der Waals surface area contributed by atoms with Gasteiger partial charge in [0.2, 0.25) is 0 Å². The van der Waals surface area contributed by atoms with Crippen LogP contribution in [0.15, 0.2) is 24.3 Å². The van der Waals surface area contributed by atoms with Crippen molar-refractivity contribution in [3.05, 3.63) is 45.4 Å². The van der Waals surface area contributed by atoms with Gasteiger partial charge in [-0.2, -0.15) is 0 Å². The van der Waals surface area contributed by atoms with Crippen molar-refractivity contribution in [3.63, 3.8) is 0 Å². The van der Waals surface area contributed by atoms with Crippen molar-refractivity contribution < 1.29 is 24.0 Å². The molecule has 0 atom stereocenters. The zero-order valence-corrected chi connectivity index (χ0v) is 13.1. The highest BCUT2D eigenvalue weighted by atomic mass is 32.1. The number of aryl methyl sites for hydroxylation is 1. The molecule has 0 spiro atoms. The van der Waals surface area contributed by atoms with Crippen molar-refractivity contribution >= 4 is 19.2 Å². The molecule has 2 rings (SSSR count). The molecule has 0 saturated heterocycles. The van der Waals surface area contributed by atoms with Gasteiger partial charge < -0.3 is 14.9 Å². The molecule has 2 aromatic rings. The highest BCUT2D eigenvalue weighted by molar-refractivity contribution is 7.46. The molecule has 0 radical (unpaired) electrons. The van der Waals surface area contributed by atoms with Crippen molar-refractivity contribution in [1.82, 2.24) is 4.98 Å². The smallest absolute Gasteiger partial charge is 0.469 e. The van der Waals surface area contributed by atoms with E-state index in [0.717, 1.165) is 21.1 Å². The second-order valence-electron chi connectivity index (χ2n) is 4.53. The Hall–Kier alpha value is -1.24. The Balaban J connectivity index is 1.98. The molecule has 1 aromatic carbocycles.